The summed E-state index contributed by atoms with van der Waals surface area (Å²) in [4.78, 5) is 11.5. The maximum atomic E-state index is 11.5. The van der Waals surface area contributed by atoms with Crippen LogP contribution in [-0.2, 0) is 14.3 Å². The highest BCUT2D eigenvalue weighted by molar-refractivity contribution is 5.74. The second-order valence-electron chi connectivity index (χ2n) is 6.52. The summed E-state index contributed by atoms with van der Waals surface area (Å²) in [5.41, 5.74) is 1.38. The molecule has 1 saturated carbocycles. The molecule has 0 radical (unpaired) electrons. The molecule has 0 aromatic heterocycles. The lowest BCUT2D eigenvalue weighted by Crippen LogP contribution is -2.39. The Morgan fingerprint density at radius 3 is 2.81 bits per heavy atom. The van der Waals surface area contributed by atoms with Crippen molar-refractivity contribution in [2.24, 2.45) is 5.41 Å². The molecule has 0 amide bonds. The van der Waals surface area contributed by atoms with Crippen LogP contribution >= 0.6 is 0 Å². The van der Waals surface area contributed by atoms with Gasteiger partial charge in [-0.25, -0.2) is 0 Å². The van der Waals surface area contributed by atoms with Crippen molar-refractivity contribution in [3.05, 3.63) is 35.9 Å². The fraction of sp³-hybridized carbons (Fsp3) is 0.588. The van der Waals surface area contributed by atoms with E-state index in [0.29, 0.717) is 12.5 Å². The van der Waals surface area contributed by atoms with Crippen LogP contribution in [0, 0.1) is 5.41 Å². The molecular weight excluding hydrogens is 266 g/mol. The number of ether oxygens (including phenoxy) is 2. The molecule has 1 spiro atoms. The van der Waals surface area contributed by atoms with Gasteiger partial charge in [0.15, 0.2) is 0 Å². The van der Waals surface area contributed by atoms with Gasteiger partial charge in [0.2, 0.25) is 0 Å². The Morgan fingerprint density at radius 2 is 2.05 bits per heavy atom. The molecule has 1 aromatic rings. The lowest BCUT2D eigenvalue weighted by Gasteiger charge is -2.23. The van der Waals surface area contributed by atoms with Gasteiger partial charge < -0.3 is 14.8 Å². The second kappa shape index (κ2) is 5.11. The molecule has 1 unspecified atom stereocenters. The van der Waals surface area contributed by atoms with Gasteiger partial charge in [0.1, 0.15) is 6.10 Å². The maximum absolute atomic E-state index is 11.5. The highest BCUT2D eigenvalue weighted by Gasteiger charge is 2.57. The third kappa shape index (κ3) is 2.47. The van der Waals surface area contributed by atoms with E-state index in [1.54, 1.807) is 0 Å². The normalized spacial score (nSPS) is 33.3. The van der Waals surface area contributed by atoms with Gasteiger partial charge in [-0.15, -0.1) is 0 Å². The molecule has 2 aliphatic heterocycles. The first-order valence-corrected chi connectivity index (χ1v) is 7.86. The summed E-state index contributed by atoms with van der Waals surface area (Å²) in [6.45, 7) is 1.54. The molecule has 1 aromatic carbocycles. The summed E-state index contributed by atoms with van der Waals surface area (Å²) in [5, 5.41) is 3.59. The smallest absolute Gasteiger partial charge is 0.306 e. The fourth-order valence-electron chi connectivity index (χ4n) is 3.67. The van der Waals surface area contributed by atoms with Crippen molar-refractivity contribution in [3.8, 4) is 0 Å². The highest BCUT2D eigenvalue weighted by atomic mass is 16.6. The average Bonchev–Trinajstić information content (AvgIpc) is 2.99. The summed E-state index contributed by atoms with van der Waals surface area (Å²) in [6, 6.07) is 10.7. The van der Waals surface area contributed by atoms with E-state index in [4.69, 9.17) is 9.47 Å². The molecule has 4 heteroatoms. The predicted octanol–water partition coefficient (Wildman–Crippen LogP) is 2.20. The van der Waals surface area contributed by atoms with Crippen LogP contribution in [0.3, 0.4) is 0 Å². The number of esters is 1. The zero-order valence-electron chi connectivity index (χ0n) is 12.1. The van der Waals surface area contributed by atoms with Crippen LogP contribution in [0.2, 0.25) is 0 Å². The van der Waals surface area contributed by atoms with Crippen LogP contribution in [0.15, 0.2) is 30.3 Å². The van der Waals surface area contributed by atoms with Gasteiger partial charge in [-0.3, -0.25) is 4.79 Å². The average molecular weight is 287 g/mol. The maximum Gasteiger partial charge on any atom is 0.306 e. The summed E-state index contributed by atoms with van der Waals surface area (Å²) in [5.74, 6) is -0.0263. The van der Waals surface area contributed by atoms with Crippen molar-refractivity contribution >= 4 is 5.97 Å². The summed E-state index contributed by atoms with van der Waals surface area (Å²) in [6.07, 6.45) is 4.05. The number of cyclic esters (lactones) is 1. The first-order valence-electron chi connectivity index (χ1n) is 7.86. The van der Waals surface area contributed by atoms with Gasteiger partial charge in [0.25, 0.3) is 0 Å². The van der Waals surface area contributed by atoms with Crippen LogP contribution in [0.5, 0.6) is 0 Å². The summed E-state index contributed by atoms with van der Waals surface area (Å²) in [7, 11) is 0. The molecule has 4 rings (SSSR count). The number of benzene rings is 1. The van der Waals surface area contributed by atoms with Gasteiger partial charge in [-0.05, 0) is 24.8 Å². The zero-order chi connectivity index (χ0) is 14.3. The molecule has 0 bridgehead atoms. The Hall–Kier alpha value is -1.39. The van der Waals surface area contributed by atoms with E-state index in [-0.39, 0.29) is 23.6 Å². The molecular formula is C17H21NO3. The van der Waals surface area contributed by atoms with E-state index in [1.165, 1.54) is 5.56 Å². The van der Waals surface area contributed by atoms with E-state index in [9.17, 15) is 4.79 Å². The minimum atomic E-state index is -0.0263. The van der Waals surface area contributed by atoms with E-state index in [2.05, 4.69) is 17.4 Å². The van der Waals surface area contributed by atoms with E-state index in [1.807, 2.05) is 18.2 Å². The number of rotatable bonds is 4. The molecule has 2 saturated heterocycles. The highest BCUT2D eigenvalue weighted by Crippen LogP contribution is 2.56. The van der Waals surface area contributed by atoms with Crippen LogP contribution in [0.25, 0.3) is 0 Å². The van der Waals surface area contributed by atoms with Crippen molar-refractivity contribution < 1.29 is 14.3 Å². The van der Waals surface area contributed by atoms with Crippen LogP contribution in [0.1, 0.15) is 37.4 Å². The Labute approximate surface area is 124 Å². The van der Waals surface area contributed by atoms with Gasteiger partial charge in [0, 0.05) is 24.6 Å². The Morgan fingerprint density at radius 1 is 1.24 bits per heavy atom. The van der Waals surface area contributed by atoms with E-state index in [0.717, 1.165) is 32.4 Å². The third-order valence-electron chi connectivity index (χ3n) is 5.13. The van der Waals surface area contributed by atoms with E-state index < -0.39 is 0 Å². The lowest BCUT2D eigenvalue weighted by molar-refractivity contribution is -0.141. The topological polar surface area (TPSA) is 47.6 Å². The van der Waals surface area contributed by atoms with Crippen LogP contribution < -0.4 is 5.32 Å². The Kier molecular flexibility index (Phi) is 3.23. The largest absolute Gasteiger partial charge is 0.460 e. The van der Waals surface area contributed by atoms with Crippen molar-refractivity contribution in [2.45, 2.75) is 43.9 Å². The molecule has 112 valence electrons. The van der Waals surface area contributed by atoms with Crippen LogP contribution in [0.4, 0.5) is 0 Å². The van der Waals surface area contributed by atoms with E-state index >= 15 is 0 Å². The minimum Gasteiger partial charge on any atom is -0.460 e. The van der Waals surface area contributed by atoms with Crippen molar-refractivity contribution in [1.82, 2.24) is 5.32 Å². The summed E-state index contributed by atoms with van der Waals surface area (Å²) >= 11 is 0. The fourth-order valence-corrected chi connectivity index (χ4v) is 3.67. The van der Waals surface area contributed by atoms with Gasteiger partial charge in [-0.1, -0.05) is 30.3 Å². The Balaban J connectivity index is 1.39. The SMILES string of the molecule is O=C1CC2(CC2)C(CN[C@@H]2CCO[C@H]2c2ccccc2)O1. The van der Waals surface area contributed by atoms with Crippen LogP contribution in [-0.4, -0.2) is 31.3 Å². The summed E-state index contributed by atoms with van der Waals surface area (Å²) < 4.78 is 11.4. The molecule has 2 heterocycles. The van der Waals surface area contributed by atoms with Gasteiger partial charge in [0.05, 0.1) is 12.5 Å². The first-order chi connectivity index (χ1) is 10.3. The van der Waals surface area contributed by atoms with Crippen molar-refractivity contribution in [1.29, 1.82) is 0 Å². The molecule has 3 atom stereocenters. The molecule has 3 fully saturated rings. The van der Waals surface area contributed by atoms with Crippen molar-refractivity contribution in [3.63, 3.8) is 0 Å². The number of hydrogen-bond acceptors (Lipinski definition) is 4. The number of hydrogen-bond donors (Lipinski definition) is 1. The first kappa shape index (κ1) is 13.3. The molecule has 1 aliphatic carbocycles. The second-order valence-corrected chi connectivity index (χ2v) is 6.52. The Bertz CT molecular complexity index is 526. The molecule has 21 heavy (non-hydrogen) atoms. The minimum absolute atomic E-state index is 0.0263. The van der Waals surface area contributed by atoms with Crippen molar-refractivity contribution in [2.75, 3.05) is 13.2 Å². The van der Waals surface area contributed by atoms with Gasteiger partial charge >= 0.3 is 5.97 Å². The molecule has 4 nitrogen and oxygen atoms in total. The number of carbonyl (C=O) groups is 1. The monoisotopic (exact) mass is 287 g/mol. The van der Waals surface area contributed by atoms with Gasteiger partial charge in [-0.2, -0.15) is 0 Å². The molecule has 3 aliphatic rings. The third-order valence-corrected chi connectivity index (χ3v) is 5.13. The zero-order valence-corrected chi connectivity index (χ0v) is 12.1. The predicted molar refractivity (Wildman–Crippen MR) is 77.7 cm³/mol. The lowest BCUT2D eigenvalue weighted by atomic mass is 9.97. The quantitative estimate of drug-likeness (QED) is 0.863. The number of nitrogens with one attached hydrogen (secondary N) is 1. The molecule has 1 N–H and O–H groups in total. The number of carbonyl (C=O) groups excluding carboxylic acids is 1. The standard InChI is InChI=1S/C17H21NO3/c19-15-10-17(7-8-17)14(21-15)11-18-13-6-9-20-16(13)12-4-2-1-3-5-12/h1-5,13-14,16,18H,6-11H2/t13-,14?,16+/m1/s1.